The number of likely N-dealkylation sites (N-methyl/N-ethyl adjacent to an activating group) is 1. The zero-order chi connectivity index (χ0) is 16.0. The second-order valence-corrected chi connectivity index (χ2v) is 5.24. The Morgan fingerprint density at radius 3 is 2.62 bits per heavy atom. The minimum Gasteiger partial charge on any atom is -0.389 e. The molecule has 1 atom stereocenters. The van der Waals surface area contributed by atoms with Crippen LogP contribution in [0.4, 0.5) is 10.5 Å². The van der Waals surface area contributed by atoms with Crippen molar-refractivity contribution in [3.05, 3.63) is 29.3 Å². The van der Waals surface area contributed by atoms with Gasteiger partial charge in [-0.05, 0) is 38.0 Å². The number of rotatable bonds is 6. The third kappa shape index (κ3) is 4.44. The summed E-state index contributed by atoms with van der Waals surface area (Å²) in [5.41, 5.74) is 3.16. The van der Waals surface area contributed by atoms with Crippen LogP contribution in [-0.4, -0.2) is 56.0 Å². The number of hydrogen-bond donors (Lipinski definition) is 1. The van der Waals surface area contributed by atoms with Gasteiger partial charge < -0.3 is 14.7 Å². The van der Waals surface area contributed by atoms with Crippen molar-refractivity contribution in [2.45, 2.75) is 26.9 Å². The first-order valence-corrected chi connectivity index (χ1v) is 7.18. The van der Waals surface area contributed by atoms with E-state index >= 15 is 0 Å². The van der Waals surface area contributed by atoms with Gasteiger partial charge in [-0.2, -0.15) is 0 Å². The van der Waals surface area contributed by atoms with Crippen LogP contribution in [0.3, 0.4) is 0 Å². The molecular weight excluding hydrogens is 268 g/mol. The molecule has 0 fully saturated rings. The Morgan fingerprint density at radius 1 is 1.38 bits per heavy atom. The van der Waals surface area contributed by atoms with Crippen LogP contribution in [0, 0.1) is 13.8 Å². The Labute approximate surface area is 127 Å². The molecule has 1 unspecified atom stereocenters. The minimum absolute atomic E-state index is 0.124. The van der Waals surface area contributed by atoms with Gasteiger partial charge in [0.05, 0.1) is 19.3 Å². The second kappa shape index (κ2) is 8.00. The van der Waals surface area contributed by atoms with Crippen LogP contribution in [0.2, 0.25) is 0 Å². The van der Waals surface area contributed by atoms with Gasteiger partial charge in [-0.3, -0.25) is 4.90 Å². The lowest BCUT2D eigenvalue weighted by molar-refractivity contribution is 0.0496. The summed E-state index contributed by atoms with van der Waals surface area (Å²) in [4.78, 5) is 15.8. The maximum atomic E-state index is 12.6. The van der Waals surface area contributed by atoms with Gasteiger partial charge >= 0.3 is 6.03 Å². The quantitative estimate of drug-likeness (QED) is 0.875. The number of carbonyl (C=O) groups is 1. The number of carbonyl (C=O) groups excluding carboxylic acids is 1. The Hall–Kier alpha value is -1.59. The molecular formula is C16H26N2O3. The van der Waals surface area contributed by atoms with E-state index in [0.29, 0.717) is 6.54 Å². The highest BCUT2D eigenvalue weighted by Gasteiger charge is 2.21. The average Bonchev–Trinajstić information content (AvgIpc) is 2.44. The number of methoxy groups -OCH3 is 1. The van der Waals surface area contributed by atoms with Crippen LogP contribution in [0.15, 0.2) is 18.2 Å². The zero-order valence-corrected chi connectivity index (χ0v) is 13.6. The van der Waals surface area contributed by atoms with Crippen molar-refractivity contribution >= 4 is 11.7 Å². The fourth-order valence-corrected chi connectivity index (χ4v) is 2.28. The average molecular weight is 294 g/mol. The van der Waals surface area contributed by atoms with E-state index in [-0.39, 0.29) is 19.2 Å². The monoisotopic (exact) mass is 294 g/mol. The van der Waals surface area contributed by atoms with Crippen LogP contribution in [-0.2, 0) is 4.74 Å². The molecule has 0 bridgehead atoms. The molecule has 0 radical (unpaired) electrons. The van der Waals surface area contributed by atoms with E-state index in [4.69, 9.17) is 4.74 Å². The molecule has 0 heterocycles. The number of aliphatic hydroxyl groups excluding tert-OH is 1. The molecule has 5 heteroatoms. The van der Waals surface area contributed by atoms with E-state index in [1.165, 1.54) is 12.0 Å². The summed E-state index contributed by atoms with van der Waals surface area (Å²) in [6.45, 7) is 7.03. The number of benzene rings is 1. The summed E-state index contributed by atoms with van der Waals surface area (Å²) >= 11 is 0. The summed E-state index contributed by atoms with van der Waals surface area (Å²) in [6.07, 6.45) is -0.679. The fourth-order valence-electron chi connectivity index (χ4n) is 2.28. The molecule has 1 N–H and O–H groups in total. The zero-order valence-electron chi connectivity index (χ0n) is 13.6. The SMILES string of the molecule is CCN(C(=O)N(C)CC(O)COC)c1cccc(C)c1C. The first kappa shape index (κ1) is 17.5. The first-order chi connectivity index (χ1) is 9.92. The molecule has 5 nitrogen and oxygen atoms in total. The Kier molecular flexibility index (Phi) is 6.65. The minimum atomic E-state index is -0.679. The van der Waals surface area contributed by atoms with Gasteiger partial charge in [0.2, 0.25) is 0 Å². The molecule has 0 aliphatic heterocycles. The first-order valence-electron chi connectivity index (χ1n) is 7.18. The van der Waals surface area contributed by atoms with Crippen LogP contribution < -0.4 is 4.90 Å². The van der Waals surface area contributed by atoms with Gasteiger partial charge in [0, 0.05) is 26.4 Å². The number of urea groups is 1. The third-order valence-electron chi connectivity index (χ3n) is 3.58. The Morgan fingerprint density at radius 2 is 2.05 bits per heavy atom. The highest BCUT2D eigenvalue weighted by Crippen LogP contribution is 2.23. The molecule has 1 aromatic carbocycles. The van der Waals surface area contributed by atoms with E-state index in [1.54, 1.807) is 11.9 Å². The molecule has 1 aromatic rings. The maximum Gasteiger partial charge on any atom is 0.324 e. The van der Waals surface area contributed by atoms with Gasteiger partial charge in [-0.1, -0.05) is 12.1 Å². The van der Waals surface area contributed by atoms with Gasteiger partial charge in [-0.15, -0.1) is 0 Å². The molecule has 0 aliphatic carbocycles. The van der Waals surface area contributed by atoms with Gasteiger partial charge in [0.1, 0.15) is 0 Å². The number of nitrogens with zero attached hydrogens (tertiary/aromatic N) is 2. The third-order valence-corrected chi connectivity index (χ3v) is 3.58. The summed E-state index contributed by atoms with van der Waals surface area (Å²) in [6, 6.07) is 5.81. The van der Waals surface area contributed by atoms with E-state index in [0.717, 1.165) is 16.8 Å². The summed E-state index contributed by atoms with van der Waals surface area (Å²) in [5.74, 6) is 0. The van der Waals surface area contributed by atoms with Crippen molar-refractivity contribution < 1.29 is 14.6 Å². The predicted octanol–water partition coefficient (Wildman–Crippen LogP) is 2.19. The molecule has 118 valence electrons. The molecule has 2 amide bonds. The number of aryl methyl sites for hydroxylation is 1. The molecule has 0 saturated heterocycles. The normalized spacial score (nSPS) is 12.1. The highest BCUT2D eigenvalue weighted by molar-refractivity contribution is 5.92. The van der Waals surface area contributed by atoms with Crippen molar-refractivity contribution in [2.24, 2.45) is 0 Å². The van der Waals surface area contributed by atoms with Crippen molar-refractivity contribution in [1.29, 1.82) is 0 Å². The van der Waals surface area contributed by atoms with Crippen LogP contribution in [0.5, 0.6) is 0 Å². The maximum absolute atomic E-state index is 12.6. The number of ether oxygens (including phenoxy) is 1. The van der Waals surface area contributed by atoms with E-state index in [9.17, 15) is 9.90 Å². The van der Waals surface area contributed by atoms with Gasteiger partial charge in [0.15, 0.2) is 0 Å². The highest BCUT2D eigenvalue weighted by atomic mass is 16.5. The Bertz CT molecular complexity index is 477. The summed E-state index contributed by atoms with van der Waals surface area (Å²) in [7, 11) is 3.22. The van der Waals surface area contributed by atoms with Crippen molar-refractivity contribution in [2.75, 3.05) is 38.8 Å². The van der Waals surface area contributed by atoms with Crippen molar-refractivity contribution in [1.82, 2.24) is 4.90 Å². The van der Waals surface area contributed by atoms with Crippen LogP contribution in [0.25, 0.3) is 0 Å². The number of anilines is 1. The standard InChI is InChI=1S/C16H26N2O3/c1-6-18(15-9-7-8-12(2)13(15)3)16(20)17(4)10-14(19)11-21-5/h7-9,14,19H,6,10-11H2,1-5H3. The summed E-state index contributed by atoms with van der Waals surface area (Å²) < 4.78 is 4.89. The second-order valence-electron chi connectivity index (χ2n) is 5.24. The summed E-state index contributed by atoms with van der Waals surface area (Å²) in [5, 5.41) is 9.75. The van der Waals surface area contributed by atoms with Gasteiger partial charge in [0.25, 0.3) is 0 Å². The van der Waals surface area contributed by atoms with E-state index < -0.39 is 6.10 Å². The topological polar surface area (TPSA) is 53.0 Å². The molecule has 21 heavy (non-hydrogen) atoms. The fraction of sp³-hybridized carbons (Fsp3) is 0.562. The number of aliphatic hydroxyl groups is 1. The molecule has 0 aliphatic rings. The van der Waals surface area contributed by atoms with Crippen molar-refractivity contribution in [3.8, 4) is 0 Å². The Balaban J connectivity index is 2.89. The molecule has 0 aromatic heterocycles. The lowest BCUT2D eigenvalue weighted by Crippen LogP contribution is -2.45. The van der Waals surface area contributed by atoms with Crippen LogP contribution in [0.1, 0.15) is 18.1 Å². The number of amides is 2. The lowest BCUT2D eigenvalue weighted by Gasteiger charge is -2.30. The molecule has 0 spiro atoms. The van der Waals surface area contributed by atoms with Crippen LogP contribution >= 0.6 is 0 Å². The smallest absolute Gasteiger partial charge is 0.324 e. The lowest BCUT2D eigenvalue weighted by atomic mass is 10.1. The number of hydrogen-bond acceptors (Lipinski definition) is 3. The predicted molar refractivity (Wildman–Crippen MR) is 84.8 cm³/mol. The van der Waals surface area contributed by atoms with Crippen molar-refractivity contribution in [3.63, 3.8) is 0 Å². The van der Waals surface area contributed by atoms with Gasteiger partial charge in [-0.25, -0.2) is 4.79 Å². The molecule has 1 rings (SSSR count). The largest absolute Gasteiger partial charge is 0.389 e. The molecule has 0 saturated carbocycles. The van der Waals surface area contributed by atoms with E-state index in [1.807, 2.05) is 39.0 Å². The van der Waals surface area contributed by atoms with E-state index in [2.05, 4.69) is 0 Å².